The topological polar surface area (TPSA) is 36.9 Å². The van der Waals surface area contributed by atoms with E-state index in [0.717, 1.165) is 12.8 Å². The van der Waals surface area contributed by atoms with E-state index >= 15 is 0 Å². The molecule has 0 aromatic rings. The highest BCUT2D eigenvalue weighted by Crippen LogP contribution is 2.47. The molecule has 2 heterocycles. The van der Waals surface area contributed by atoms with E-state index in [1.165, 1.54) is 0 Å². The monoisotopic (exact) mass is 286 g/mol. The molecule has 0 atom stereocenters. The Morgan fingerprint density at radius 2 is 0.850 bits per heavy atom. The largest absolute Gasteiger partial charge is 0.347 e. The molecule has 4 nitrogen and oxygen atoms in total. The normalized spacial score (nSPS) is 26.1. The molecule has 0 N–H and O–H groups in total. The highest BCUT2D eigenvalue weighted by atomic mass is 16.7. The summed E-state index contributed by atoms with van der Waals surface area (Å²) in [5, 5.41) is 0. The predicted molar refractivity (Wildman–Crippen MR) is 77.4 cm³/mol. The van der Waals surface area contributed by atoms with Gasteiger partial charge in [0.15, 0.2) is 11.6 Å². The van der Waals surface area contributed by atoms with Crippen molar-refractivity contribution in [3.05, 3.63) is 0 Å². The van der Waals surface area contributed by atoms with Crippen LogP contribution in [0.3, 0.4) is 0 Å². The van der Waals surface area contributed by atoms with Crippen molar-refractivity contribution in [2.45, 2.75) is 66.0 Å². The average molecular weight is 286 g/mol. The first-order valence-electron chi connectivity index (χ1n) is 7.68. The Labute approximate surface area is 123 Å². The van der Waals surface area contributed by atoms with E-state index < -0.39 is 11.6 Å². The molecule has 2 saturated heterocycles. The van der Waals surface area contributed by atoms with Crippen LogP contribution < -0.4 is 0 Å². The van der Waals surface area contributed by atoms with E-state index in [4.69, 9.17) is 18.9 Å². The molecule has 118 valence electrons. The van der Waals surface area contributed by atoms with Crippen LogP contribution in [0.4, 0.5) is 0 Å². The van der Waals surface area contributed by atoms with Gasteiger partial charge in [0.05, 0.1) is 26.4 Å². The predicted octanol–water partition coefficient (Wildman–Crippen LogP) is 3.35. The third-order valence-electron chi connectivity index (χ3n) is 4.58. The summed E-state index contributed by atoms with van der Waals surface area (Å²) in [5.74, 6) is -1.05. The zero-order valence-corrected chi connectivity index (χ0v) is 13.9. The zero-order valence-electron chi connectivity index (χ0n) is 13.9. The molecule has 0 amide bonds. The van der Waals surface area contributed by atoms with Crippen LogP contribution >= 0.6 is 0 Å². The molecule has 0 aromatic carbocycles. The van der Waals surface area contributed by atoms with Crippen LogP contribution in [-0.2, 0) is 18.9 Å². The minimum atomic E-state index is -0.527. The maximum Gasteiger partial charge on any atom is 0.173 e. The van der Waals surface area contributed by atoms with Crippen molar-refractivity contribution in [2.75, 3.05) is 26.4 Å². The fourth-order valence-corrected chi connectivity index (χ4v) is 3.14. The molecule has 0 radical (unpaired) electrons. The van der Waals surface area contributed by atoms with Gasteiger partial charge in [-0.25, -0.2) is 0 Å². The molecule has 2 aliphatic rings. The zero-order chi connectivity index (χ0) is 15.1. The van der Waals surface area contributed by atoms with Crippen molar-refractivity contribution in [2.24, 2.45) is 10.8 Å². The second-order valence-electron chi connectivity index (χ2n) is 7.90. The van der Waals surface area contributed by atoms with E-state index in [-0.39, 0.29) is 10.8 Å². The first-order valence-corrected chi connectivity index (χ1v) is 7.68. The van der Waals surface area contributed by atoms with Crippen molar-refractivity contribution < 1.29 is 18.9 Å². The van der Waals surface area contributed by atoms with E-state index in [1.54, 1.807) is 0 Å². The summed E-state index contributed by atoms with van der Waals surface area (Å²) in [6.07, 6.45) is 1.57. The van der Waals surface area contributed by atoms with Gasteiger partial charge in [0.2, 0.25) is 0 Å². The van der Waals surface area contributed by atoms with Gasteiger partial charge in [-0.2, -0.15) is 0 Å². The summed E-state index contributed by atoms with van der Waals surface area (Å²) < 4.78 is 24.0. The molecule has 0 aliphatic carbocycles. The van der Waals surface area contributed by atoms with Gasteiger partial charge in [0.1, 0.15) is 0 Å². The van der Waals surface area contributed by atoms with Crippen molar-refractivity contribution >= 4 is 0 Å². The summed E-state index contributed by atoms with van der Waals surface area (Å²) in [4.78, 5) is 0. The Bertz CT molecular complexity index is 291. The van der Waals surface area contributed by atoms with Crippen LogP contribution in [0.5, 0.6) is 0 Å². The maximum atomic E-state index is 5.99. The van der Waals surface area contributed by atoms with E-state index in [1.807, 2.05) is 0 Å². The molecule has 0 spiro atoms. The van der Waals surface area contributed by atoms with Gasteiger partial charge >= 0.3 is 0 Å². The van der Waals surface area contributed by atoms with Gasteiger partial charge in [0.25, 0.3) is 0 Å². The molecule has 20 heavy (non-hydrogen) atoms. The fraction of sp³-hybridized carbons (Fsp3) is 1.00. The van der Waals surface area contributed by atoms with Gasteiger partial charge < -0.3 is 18.9 Å². The fourth-order valence-electron chi connectivity index (χ4n) is 3.14. The minimum Gasteiger partial charge on any atom is -0.347 e. The van der Waals surface area contributed by atoms with Gasteiger partial charge in [-0.05, 0) is 0 Å². The third-order valence-corrected chi connectivity index (χ3v) is 4.58. The van der Waals surface area contributed by atoms with Crippen molar-refractivity contribution in [1.29, 1.82) is 0 Å². The van der Waals surface area contributed by atoms with Crippen LogP contribution in [0, 0.1) is 10.8 Å². The van der Waals surface area contributed by atoms with Crippen molar-refractivity contribution in [1.82, 2.24) is 0 Å². The van der Waals surface area contributed by atoms with Crippen molar-refractivity contribution in [3.63, 3.8) is 0 Å². The van der Waals surface area contributed by atoms with Gasteiger partial charge in [-0.3, -0.25) is 0 Å². The number of rotatable bonds is 3. The van der Waals surface area contributed by atoms with Gasteiger partial charge in [-0.15, -0.1) is 0 Å². The minimum absolute atomic E-state index is 0.0683. The average Bonchev–Trinajstić information content (AvgIpc) is 2.95. The quantitative estimate of drug-likeness (QED) is 0.797. The first kappa shape index (κ1) is 16.2. The van der Waals surface area contributed by atoms with Crippen LogP contribution in [0.25, 0.3) is 0 Å². The first-order chi connectivity index (χ1) is 9.12. The molecule has 0 saturated carbocycles. The second-order valence-corrected chi connectivity index (χ2v) is 7.90. The van der Waals surface area contributed by atoms with Crippen LogP contribution in [-0.4, -0.2) is 38.0 Å². The lowest BCUT2D eigenvalue weighted by molar-refractivity contribution is -0.265. The molecule has 0 bridgehead atoms. The maximum absolute atomic E-state index is 5.99. The third kappa shape index (κ3) is 2.76. The van der Waals surface area contributed by atoms with Gasteiger partial charge in [0, 0.05) is 23.7 Å². The Morgan fingerprint density at radius 3 is 1.05 bits per heavy atom. The summed E-state index contributed by atoms with van der Waals surface area (Å²) in [6, 6.07) is 0. The standard InChI is InChI=1S/C16H30O4/c1-13(2,3)15(17-9-10-18-15)7-8-16(14(4,5)6)19-11-12-20-16/h7-12H2,1-6H3. The second kappa shape index (κ2) is 5.24. The van der Waals surface area contributed by atoms with Crippen molar-refractivity contribution in [3.8, 4) is 0 Å². The Balaban J connectivity index is 2.13. The lowest BCUT2D eigenvalue weighted by Gasteiger charge is -2.44. The smallest absolute Gasteiger partial charge is 0.173 e. The molecular formula is C16H30O4. The molecule has 2 fully saturated rings. The molecule has 0 unspecified atom stereocenters. The molecule has 2 rings (SSSR count). The Kier molecular flexibility index (Phi) is 4.25. The van der Waals surface area contributed by atoms with Crippen LogP contribution in [0.2, 0.25) is 0 Å². The summed E-state index contributed by atoms with van der Waals surface area (Å²) in [6.45, 7) is 15.7. The van der Waals surface area contributed by atoms with Crippen LogP contribution in [0.1, 0.15) is 54.4 Å². The Morgan fingerprint density at radius 1 is 0.600 bits per heavy atom. The number of hydrogen-bond donors (Lipinski definition) is 0. The van der Waals surface area contributed by atoms with Gasteiger partial charge in [-0.1, -0.05) is 41.5 Å². The highest BCUT2D eigenvalue weighted by Gasteiger charge is 2.53. The highest BCUT2D eigenvalue weighted by molar-refractivity contribution is 4.93. The Hall–Kier alpha value is -0.160. The molecule has 4 heteroatoms. The number of hydrogen-bond acceptors (Lipinski definition) is 4. The molecule has 0 aromatic heterocycles. The molecular weight excluding hydrogens is 256 g/mol. The van der Waals surface area contributed by atoms with E-state index in [2.05, 4.69) is 41.5 Å². The lowest BCUT2D eigenvalue weighted by atomic mass is 9.77. The molecule has 2 aliphatic heterocycles. The summed E-state index contributed by atoms with van der Waals surface area (Å²) in [7, 11) is 0. The van der Waals surface area contributed by atoms with Crippen LogP contribution in [0.15, 0.2) is 0 Å². The lowest BCUT2D eigenvalue weighted by Crippen LogP contribution is -2.49. The summed E-state index contributed by atoms with van der Waals surface area (Å²) in [5.41, 5.74) is -0.137. The summed E-state index contributed by atoms with van der Waals surface area (Å²) >= 11 is 0. The number of ether oxygens (including phenoxy) is 4. The SMILES string of the molecule is CC(C)(C)C1(CCC2(C(C)(C)C)OCCO2)OCCO1. The van der Waals surface area contributed by atoms with E-state index in [9.17, 15) is 0 Å². The van der Waals surface area contributed by atoms with E-state index in [0.29, 0.717) is 26.4 Å².